The molecule has 14 heavy (non-hydrogen) atoms. The molecule has 1 amide bonds. The molecule has 0 aliphatic rings. The standard InChI is InChI=1S/C7H11NO2.2C2H6/c1-3-7(10)8-5-4-6(2)9;2*1-2/h3H,1,4-5H2,2H3,(H,8,10);2*1-2H3. The fourth-order valence-electron chi connectivity index (χ4n) is 0.434. The summed E-state index contributed by atoms with van der Waals surface area (Å²) in [6.45, 7) is 13.2. The van der Waals surface area contributed by atoms with Crippen molar-refractivity contribution in [2.75, 3.05) is 6.54 Å². The van der Waals surface area contributed by atoms with Crippen LogP contribution >= 0.6 is 0 Å². The van der Waals surface area contributed by atoms with E-state index in [0.717, 1.165) is 0 Å². The highest BCUT2D eigenvalue weighted by atomic mass is 16.1. The topological polar surface area (TPSA) is 46.2 Å². The first-order chi connectivity index (χ1) is 6.66. The summed E-state index contributed by atoms with van der Waals surface area (Å²) in [5.74, 6) is -0.161. The summed E-state index contributed by atoms with van der Waals surface area (Å²) < 4.78 is 0. The van der Waals surface area contributed by atoms with Crippen molar-refractivity contribution in [1.82, 2.24) is 5.32 Å². The molecule has 0 radical (unpaired) electrons. The minimum Gasteiger partial charge on any atom is -0.352 e. The molecule has 0 heterocycles. The Kier molecular flexibility index (Phi) is 23.7. The average Bonchev–Trinajstić information content (AvgIpc) is 2.23. The van der Waals surface area contributed by atoms with E-state index in [-0.39, 0.29) is 11.7 Å². The van der Waals surface area contributed by atoms with Crippen LogP contribution in [0.1, 0.15) is 41.0 Å². The van der Waals surface area contributed by atoms with Crippen LogP contribution in [0.3, 0.4) is 0 Å². The molecule has 3 heteroatoms. The first kappa shape index (κ1) is 18.6. The van der Waals surface area contributed by atoms with Gasteiger partial charge in [0.25, 0.3) is 0 Å². The number of amides is 1. The molecule has 0 rings (SSSR count). The van der Waals surface area contributed by atoms with Crippen molar-refractivity contribution in [2.45, 2.75) is 41.0 Å². The number of hydrogen-bond acceptors (Lipinski definition) is 2. The van der Waals surface area contributed by atoms with Crippen LogP contribution in [0.2, 0.25) is 0 Å². The van der Waals surface area contributed by atoms with Crippen LogP contribution in [-0.4, -0.2) is 18.2 Å². The van der Waals surface area contributed by atoms with Gasteiger partial charge in [-0.3, -0.25) is 9.59 Å². The highest BCUT2D eigenvalue weighted by molar-refractivity contribution is 5.87. The molecule has 0 aromatic carbocycles. The van der Waals surface area contributed by atoms with Gasteiger partial charge in [0.1, 0.15) is 5.78 Å². The van der Waals surface area contributed by atoms with Crippen molar-refractivity contribution in [1.29, 1.82) is 0 Å². The van der Waals surface area contributed by atoms with Crippen LogP contribution in [-0.2, 0) is 9.59 Å². The Balaban J connectivity index is -0.000000266. The van der Waals surface area contributed by atoms with Crippen molar-refractivity contribution in [3.63, 3.8) is 0 Å². The summed E-state index contributed by atoms with van der Waals surface area (Å²) >= 11 is 0. The fraction of sp³-hybridized carbons (Fsp3) is 0.636. The summed E-state index contributed by atoms with van der Waals surface area (Å²) in [6, 6.07) is 0. The van der Waals surface area contributed by atoms with Gasteiger partial charge in [-0.2, -0.15) is 0 Å². The summed E-state index contributed by atoms with van der Waals surface area (Å²) in [4.78, 5) is 20.8. The number of carbonyl (C=O) groups is 2. The van der Waals surface area contributed by atoms with Gasteiger partial charge in [0, 0.05) is 13.0 Å². The van der Waals surface area contributed by atoms with E-state index in [9.17, 15) is 9.59 Å². The number of carbonyl (C=O) groups excluding carboxylic acids is 2. The number of ketones is 1. The van der Waals surface area contributed by atoms with Crippen molar-refractivity contribution < 1.29 is 9.59 Å². The number of hydrogen-bond donors (Lipinski definition) is 1. The maximum atomic E-state index is 10.5. The molecule has 0 aliphatic heterocycles. The van der Waals surface area contributed by atoms with E-state index in [1.807, 2.05) is 27.7 Å². The van der Waals surface area contributed by atoms with E-state index < -0.39 is 0 Å². The third-order valence-electron chi connectivity index (χ3n) is 0.962. The van der Waals surface area contributed by atoms with Crippen LogP contribution in [0.15, 0.2) is 12.7 Å². The molecule has 0 unspecified atom stereocenters. The lowest BCUT2D eigenvalue weighted by molar-refractivity contribution is -0.117. The predicted molar refractivity (Wildman–Crippen MR) is 61.2 cm³/mol. The lowest BCUT2D eigenvalue weighted by atomic mass is 10.3. The van der Waals surface area contributed by atoms with Gasteiger partial charge in [-0.15, -0.1) is 0 Å². The Morgan fingerprint density at radius 2 is 1.64 bits per heavy atom. The van der Waals surface area contributed by atoms with E-state index in [2.05, 4.69) is 11.9 Å². The average molecular weight is 201 g/mol. The minimum absolute atomic E-state index is 0.0735. The van der Waals surface area contributed by atoms with Gasteiger partial charge in [-0.1, -0.05) is 34.3 Å². The van der Waals surface area contributed by atoms with Crippen molar-refractivity contribution in [2.24, 2.45) is 0 Å². The largest absolute Gasteiger partial charge is 0.352 e. The Morgan fingerprint density at radius 1 is 1.21 bits per heavy atom. The van der Waals surface area contributed by atoms with Crippen LogP contribution in [0.5, 0.6) is 0 Å². The summed E-state index contributed by atoms with van der Waals surface area (Å²) in [6.07, 6.45) is 1.57. The Hall–Kier alpha value is -1.12. The van der Waals surface area contributed by atoms with Gasteiger partial charge in [0.15, 0.2) is 0 Å². The summed E-state index contributed by atoms with van der Waals surface area (Å²) in [5, 5.41) is 2.49. The molecule has 1 N–H and O–H groups in total. The number of nitrogens with one attached hydrogen (secondary N) is 1. The molecule has 0 spiro atoms. The quantitative estimate of drug-likeness (QED) is 0.709. The normalized spacial score (nSPS) is 6.93. The van der Waals surface area contributed by atoms with Crippen molar-refractivity contribution >= 4 is 11.7 Å². The number of rotatable bonds is 4. The second-order valence-corrected chi connectivity index (χ2v) is 1.95. The third kappa shape index (κ3) is 22.4. The maximum Gasteiger partial charge on any atom is 0.243 e. The van der Waals surface area contributed by atoms with Crippen LogP contribution < -0.4 is 5.32 Å². The highest BCUT2D eigenvalue weighted by Gasteiger charge is 1.94. The second-order valence-electron chi connectivity index (χ2n) is 1.95. The molecule has 0 fully saturated rings. The molecule has 84 valence electrons. The number of Topliss-reactive ketones (excluding diaryl/α,β-unsaturated/α-hetero) is 1. The van der Waals surface area contributed by atoms with Crippen LogP contribution in [0.4, 0.5) is 0 Å². The lowest BCUT2D eigenvalue weighted by Crippen LogP contribution is -2.23. The van der Waals surface area contributed by atoms with E-state index in [4.69, 9.17) is 0 Å². The van der Waals surface area contributed by atoms with Crippen LogP contribution in [0.25, 0.3) is 0 Å². The summed E-state index contributed by atoms with van der Waals surface area (Å²) in [5.41, 5.74) is 0. The van der Waals surface area contributed by atoms with Gasteiger partial charge in [0.2, 0.25) is 5.91 Å². The first-order valence-corrected chi connectivity index (χ1v) is 5.06. The van der Waals surface area contributed by atoms with Crippen LogP contribution in [0, 0.1) is 0 Å². The van der Waals surface area contributed by atoms with Gasteiger partial charge in [0.05, 0.1) is 0 Å². The van der Waals surface area contributed by atoms with E-state index in [0.29, 0.717) is 13.0 Å². The summed E-state index contributed by atoms with van der Waals surface area (Å²) in [7, 11) is 0. The van der Waals surface area contributed by atoms with Crippen molar-refractivity contribution in [3.8, 4) is 0 Å². The van der Waals surface area contributed by atoms with Crippen molar-refractivity contribution in [3.05, 3.63) is 12.7 Å². The molecular weight excluding hydrogens is 178 g/mol. The monoisotopic (exact) mass is 201 g/mol. The zero-order valence-corrected chi connectivity index (χ0v) is 10.0. The molecule has 3 nitrogen and oxygen atoms in total. The SMILES string of the molecule is C=CC(=O)NCCC(C)=O.CC.CC. The molecule has 0 bridgehead atoms. The molecular formula is C11H23NO2. The fourth-order valence-corrected chi connectivity index (χ4v) is 0.434. The Bertz CT molecular complexity index is 153. The maximum absolute atomic E-state index is 10.5. The third-order valence-corrected chi connectivity index (χ3v) is 0.962. The van der Waals surface area contributed by atoms with Gasteiger partial charge < -0.3 is 5.32 Å². The lowest BCUT2D eigenvalue weighted by Gasteiger charge is -1.96. The van der Waals surface area contributed by atoms with E-state index in [1.54, 1.807) is 0 Å². The smallest absolute Gasteiger partial charge is 0.243 e. The van der Waals surface area contributed by atoms with Gasteiger partial charge >= 0.3 is 0 Å². The minimum atomic E-state index is -0.235. The highest BCUT2D eigenvalue weighted by Crippen LogP contribution is 1.77. The van der Waals surface area contributed by atoms with Gasteiger partial charge in [-0.05, 0) is 13.0 Å². The molecule has 0 saturated heterocycles. The van der Waals surface area contributed by atoms with Gasteiger partial charge in [-0.25, -0.2) is 0 Å². The zero-order chi connectivity index (χ0) is 12.0. The van der Waals surface area contributed by atoms with E-state index >= 15 is 0 Å². The predicted octanol–water partition coefficient (Wildman–Crippen LogP) is 2.32. The zero-order valence-electron chi connectivity index (χ0n) is 10.0. The Labute approximate surface area is 87.6 Å². The molecule has 0 aliphatic carbocycles. The first-order valence-electron chi connectivity index (χ1n) is 5.06. The van der Waals surface area contributed by atoms with E-state index in [1.165, 1.54) is 13.0 Å². The molecule has 0 saturated carbocycles. The molecule has 0 atom stereocenters. The Morgan fingerprint density at radius 3 is 1.93 bits per heavy atom. The molecule has 0 aromatic rings. The molecule has 0 aromatic heterocycles. The second kappa shape index (κ2) is 17.8.